The van der Waals surface area contributed by atoms with Gasteiger partial charge in [0.05, 0.1) is 12.1 Å². The molecule has 143 valence electrons. The summed E-state index contributed by atoms with van der Waals surface area (Å²) in [5.74, 6) is 2.17. The van der Waals surface area contributed by atoms with E-state index in [1.807, 2.05) is 13.8 Å². The SMILES string of the molecule is C#CCN1c2nn(C)cc2C(O)=C(c2ccccc2C)S1(=O)=O.CC.[CH3-].[Y]. The Kier molecular flexibility index (Phi) is 9.47. The summed E-state index contributed by atoms with van der Waals surface area (Å²) in [5.41, 5.74) is 1.53. The van der Waals surface area contributed by atoms with E-state index in [-0.39, 0.29) is 63.2 Å². The summed E-state index contributed by atoms with van der Waals surface area (Å²) in [7, 11) is -2.35. The molecule has 0 amide bonds. The second kappa shape index (κ2) is 10.1. The number of rotatable bonds is 2. The molecule has 2 heterocycles. The number of nitrogens with zero attached hydrogens (tertiary/aromatic N) is 3. The molecule has 1 radical (unpaired) electrons. The maximum absolute atomic E-state index is 13.0. The average Bonchev–Trinajstić information content (AvgIpc) is 2.97. The fourth-order valence-corrected chi connectivity index (χ4v) is 4.32. The van der Waals surface area contributed by atoms with Gasteiger partial charge in [-0.1, -0.05) is 44.0 Å². The number of aryl methyl sites for hydroxylation is 2. The number of hydrogen-bond acceptors (Lipinski definition) is 4. The molecule has 0 fully saturated rings. The molecule has 0 aliphatic carbocycles. The molecule has 1 N–H and O–H groups in total. The molecule has 1 aromatic heterocycles. The monoisotopic (exact) mass is 463 g/mol. The topological polar surface area (TPSA) is 75.4 Å². The minimum absolute atomic E-state index is 0. The van der Waals surface area contributed by atoms with Gasteiger partial charge < -0.3 is 12.5 Å². The van der Waals surface area contributed by atoms with Crippen LogP contribution in [0.5, 0.6) is 0 Å². The van der Waals surface area contributed by atoms with Crippen LogP contribution >= 0.6 is 0 Å². The van der Waals surface area contributed by atoms with Crippen molar-refractivity contribution in [3.8, 4) is 12.3 Å². The molecule has 1 aliphatic heterocycles. The third-order valence-corrected chi connectivity index (χ3v) is 5.50. The van der Waals surface area contributed by atoms with Crippen molar-refractivity contribution >= 4 is 26.5 Å². The standard InChI is InChI=1S/C16H15N3O3S.C2H6.CH3.Y/c1-4-9-19-16-13(10-18(3)17-16)14(20)15(23(19,21)22)12-8-6-5-7-11(12)2;1-2;;/h1,5-8,10,20H,9H2,2-3H3;1-2H3;1H3;/q;;-1;. The van der Waals surface area contributed by atoms with E-state index in [4.69, 9.17) is 6.42 Å². The van der Waals surface area contributed by atoms with Gasteiger partial charge in [-0.05, 0) is 12.5 Å². The summed E-state index contributed by atoms with van der Waals surface area (Å²) in [6.45, 7) is 5.63. The van der Waals surface area contributed by atoms with E-state index in [1.54, 1.807) is 44.4 Å². The predicted molar refractivity (Wildman–Crippen MR) is 107 cm³/mol. The van der Waals surface area contributed by atoms with Crippen LogP contribution in [0.3, 0.4) is 0 Å². The van der Waals surface area contributed by atoms with Crippen molar-refractivity contribution in [2.45, 2.75) is 20.8 Å². The van der Waals surface area contributed by atoms with E-state index in [0.29, 0.717) is 11.1 Å². The molecule has 0 saturated heterocycles. The average molecular weight is 463 g/mol. The van der Waals surface area contributed by atoms with Crippen LogP contribution in [-0.2, 0) is 49.8 Å². The maximum atomic E-state index is 13.0. The van der Waals surface area contributed by atoms with E-state index in [0.717, 1.165) is 9.87 Å². The Bertz CT molecular complexity index is 972. The number of anilines is 1. The molecule has 1 aliphatic rings. The molecule has 2 aromatic rings. The van der Waals surface area contributed by atoms with E-state index in [9.17, 15) is 13.5 Å². The molecule has 0 unspecified atom stereocenters. The zero-order valence-electron chi connectivity index (χ0n) is 16.3. The Morgan fingerprint density at radius 3 is 2.37 bits per heavy atom. The van der Waals surface area contributed by atoms with Crippen molar-refractivity contribution in [2.24, 2.45) is 7.05 Å². The fraction of sp³-hybridized carbons (Fsp3) is 0.263. The van der Waals surface area contributed by atoms with Crippen LogP contribution in [0.1, 0.15) is 30.5 Å². The first-order valence-electron chi connectivity index (χ1n) is 7.87. The summed E-state index contributed by atoms with van der Waals surface area (Å²) in [6.07, 6.45) is 6.89. The molecule has 0 saturated carbocycles. The van der Waals surface area contributed by atoms with Gasteiger partial charge in [-0.2, -0.15) is 5.10 Å². The van der Waals surface area contributed by atoms with Gasteiger partial charge in [0, 0.05) is 51.5 Å². The van der Waals surface area contributed by atoms with Gasteiger partial charge in [0.2, 0.25) is 0 Å². The number of hydrogen-bond donors (Lipinski definition) is 1. The zero-order chi connectivity index (χ0) is 18.8. The number of fused-ring (bicyclic) bond motifs is 1. The first-order chi connectivity index (χ1) is 11.9. The normalized spacial score (nSPS) is 14.0. The molecule has 3 rings (SSSR count). The quantitative estimate of drug-likeness (QED) is 0.548. The first kappa shape index (κ1) is 25.4. The van der Waals surface area contributed by atoms with Gasteiger partial charge in [-0.25, -0.2) is 12.7 Å². The minimum Gasteiger partial charge on any atom is -0.506 e. The third kappa shape index (κ3) is 4.45. The minimum atomic E-state index is -4.01. The van der Waals surface area contributed by atoms with Crippen molar-refractivity contribution in [3.05, 3.63) is 54.6 Å². The number of aromatic nitrogens is 2. The van der Waals surface area contributed by atoms with Crippen LogP contribution in [0.25, 0.3) is 10.7 Å². The number of sulfonamides is 1. The van der Waals surface area contributed by atoms with Gasteiger partial charge in [0.15, 0.2) is 5.82 Å². The van der Waals surface area contributed by atoms with Crippen molar-refractivity contribution < 1.29 is 46.2 Å². The van der Waals surface area contributed by atoms with E-state index in [1.165, 1.54) is 4.68 Å². The van der Waals surface area contributed by atoms with Crippen LogP contribution < -0.4 is 4.31 Å². The first-order valence-corrected chi connectivity index (χ1v) is 9.31. The number of aliphatic hydroxyl groups is 1. The van der Waals surface area contributed by atoms with E-state index >= 15 is 0 Å². The van der Waals surface area contributed by atoms with Gasteiger partial charge >= 0.3 is 0 Å². The Hall–Kier alpha value is -1.62. The molecule has 6 nitrogen and oxygen atoms in total. The van der Waals surface area contributed by atoms with Crippen LogP contribution in [0.15, 0.2) is 30.5 Å². The predicted octanol–water partition coefficient (Wildman–Crippen LogP) is 3.37. The van der Waals surface area contributed by atoms with Gasteiger partial charge in [0.25, 0.3) is 10.0 Å². The molecule has 0 atom stereocenters. The van der Waals surface area contributed by atoms with Crippen molar-refractivity contribution in [1.29, 1.82) is 0 Å². The molecular formula is C19H24N3O3SY-. The molecule has 0 bridgehead atoms. The summed E-state index contributed by atoms with van der Waals surface area (Å²) in [6, 6.07) is 6.98. The van der Waals surface area contributed by atoms with E-state index < -0.39 is 10.0 Å². The molecular weight excluding hydrogens is 439 g/mol. The summed E-state index contributed by atoms with van der Waals surface area (Å²) >= 11 is 0. The van der Waals surface area contributed by atoms with Gasteiger partial charge in [0.1, 0.15) is 10.7 Å². The second-order valence-corrected chi connectivity index (χ2v) is 7.05. The van der Waals surface area contributed by atoms with E-state index in [2.05, 4.69) is 11.0 Å². The van der Waals surface area contributed by atoms with Gasteiger partial charge in [-0.15, -0.1) is 6.42 Å². The number of aliphatic hydroxyl groups excluding tert-OH is 1. The third-order valence-electron chi connectivity index (χ3n) is 3.69. The number of benzene rings is 1. The van der Waals surface area contributed by atoms with Crippen LogP contribution in [0.2, 0.25) is 0 Å². The molecule has 8 heteroatoms. The van der Waals surface area contributed by atoms with Crippen molar-refractivity contribution in [2.75, 3.05) is 10.8 Å². The maximum Gasteiger partial charge on any atom is 0.270 e. The Labute approximate surface area is 187 Å². The second-order valence-electron chi connectivity index (χ2n) is 5.25. The molecule has 27 heavy (non-hydrogen) atoms. The smallest absolute Gasteiger partial charge is 0.270 e. The zero-order valence-corrected chi connectivity index (χ0v) is 19.9. The number of terminal acetylenes is 1. The summed E-state index contributed by atoms with van der Waals surface area (Å²) < 4.78 is 28.5. The van der Waals surface area contributed by atoms with Gasteiger partial charge in [-0.3, -0.25) is 4.68 Å². The summed E-state index contributed by atoms with van der Waals surface area (Å²) in [5, 5.41) is 14.7. The fourth-order valence-electron chi connectivity index (χ4n) is 2.63. The van der Waals surface area contributed by atoms with Crippen LogP contribution in [-0.4, -0.2) is 29.8 Å². The largest absolute Gasteiger partial charge is 0.506 e. The Morgan fingerprint density at radius 1 is 1.22 bits per heavy atom. The van der Waals surface area contributed by atoms with Crippen LogP contribution in [0.4, 0.5) is 5.82 Å². The van der Waals surface area contributed by atoms with Crippen molar-refractivity contribution in [3.63, 3.8) is 0 Å². The molecule has 0 spiro atoms. The Balaban J connectivity index is 0.00000164. The summed E-state index contributed by atoms with van der Waals surface area (Å²) in [4.78, 5) is -0.147. The van der Waals surface area contributed by atoms with Crippen molar-refractivity contribution in [1.82, 2.24) is 9.78 Å². The Morgan fingerprint density at radius 2 is 1.81 bits per heavy atom. The molecule has 1 aromatic carbocycles. The van der Waals surface area contributed by atoms with Crippen LogP contribution in [0, 0.1) is 26.7 Å².